The van der Waals surface area contributed by atoms with Crippen LogP contribution in [-0.2, 0) is 4.79 Å². The van der Waals surface area contributed by atoms with Gasteiger partial charge >= 0.3 is 0 Å². The highest BCUT2D eigenvalue weighted by molar-refractivity contribution is 5.91. The Morgan fingerprint density at radius 1 is 1.15 bits per heavy atom. The van der Waals surface area contributed by atoms with E-state index in [0.29, 0.717) is 17.2 Å². The van der Waals surface area contributed by atoms with E-state index in [1.54, 1.807) is 22.9 Å². The predicted octanol–water partition coefficient (Wildman–Crippen LogP) is 2.28. The number of halogens is 1. The van der Waals surface area contributed by atoms with Gasteiger partial charge in [0.2, 0.25) is 5.91 Å². The highest BCUT2D eigenvalue weighted by atomic mass is 19.1. The maximum atomic E-state index is 14.3. The molecule has 1 fully saturated rings. The highest BCUT2D eigenvalue weighted by Gasteiger charge is 2.20. The molecule has 1 aliphatic rings. The molecule has 0 saturated carbocycles. The van der Waals surface area contributed by atoms with Crippen molar-refractivity contribution >= 4 is 11.7 Å². The van der Waals surface area contributed by atoms with Crippen LogP contribution in [-0.4, -0.2) is 82.3 Å². The molecule has 9 nitrogen and oxygen atoms in total. The number of aryl methyl sites for hydroxylation is 2. The number of amides is 1. The van der Waals surface area contributed by atoms with E-state index in [-0.39, 0.29) is 24.0 Å². The fraction of sp³-hybridized carbons (Fsp3) is 0.391. The second-order valence-corrected chi connectivity index (χ2v) is 8.22. The number of rotatable bonds is 6. The Morgan fingerprint density at radius 3 is 2.58 bits per heavy atom. The molecule has 174 valence electrons. The average Bonchev–Trinajstić information content (AvgIpc) is 3.12. The maximum absolute atomic E-state index is 14.3. The van der Waals surface area contributed by atoms with Crippen LogP contribution in [0.2, 0.25) is 0 Å². The number of carbonyl (C=O) groups is 1. The maximum Gasteiger partial charge on any atom is 0.239 e. The number of likely N-dealkylation sites (N-methyl/N-ethyl adjacent to an activating group) is 1. The fourth-order valence-corrected chi connectivity index (χ4v) is 3.87. The fourth-order valence-electron chi connectivity index (χ4n) is 3.87. The molecular weight excluding hydrogens is 425 g/mol. The molecule has 1 N–H and O–H groups in total. The number of hydrogen-bond donors (Lipinski definition) is 1. The van der Waals surface area contributed by atoms with E-state index in [1.807, 2.05) is 19.9 Å². The number of anilines is 1. The lowest BCUT2D eigenvalue weighted by Gasteiger charge is -2.31. The van der Waals surface area contributed by atoms with Gasteiger partial charge in [-0.15, -0.1) is 0 Å². The zero-order valence-corrected chi connectivity index (χ0v) is 19.3. The minimum atomic E-state index is -0.518. The van der Waals surface area contributed by atoms with Gasteiger partial charge in [-0.2, -0.15) is 5.10 Å². The van der Waals surface area contributed by atoms with E-state index in [2.05, 4.69) is 37.2 Å². The predicted molar refractivity (Wildman–Crippen MR) is 123 cm³/mol. The van der Waals surface area contributed by atoms with Crippen molar-refractivity contribution in [3.05, 3.63) is 47.5 Å². The Balaban J connectivity index is 1.68. The van der Waals surface area contributed by atoms with Crippen LogP contribution in [0, 0.1) is 19.7 Å². The molecular formula is C23H28FN7O2. The Hall–Kier alpha value is -3.37. The molecule has 3 heterocycles. The Labute approximate surface area is 192 Å². The average molecular weight is 454 g/mol. The van der Waals surface area contributed by atoms with Gasteiger partial charge in [-0.3, -0.25) is 9.69 Å². The molecule has 4 rings (SSSR count). The van der Waals surface area contributed by atoms with Crippen LogP contribution in [0.1, 0.15) is 11.4 Å². The van der Waals surface area contributed by atoms with Crippen LogP contribution in [0.3, 0.4) is 0 Å². The summed E-state index contributed by atoms with van der Waals surface area (Å²) in [6.07, 6.45) is 0. The third-order valence-corrected chi connectivity index (χ3v) is 5.58. The summed E-state index contributed by atoms with van der Waals surface area (Å²) in [5, 5.41) is 7.37. The number of ether oxygens (including phenoxy) is 1. The lowest BCUT2D eigenvalue weighted by Crippen LogP contribution is -2.47. The number of piperazine rings is 1. The van der Waals surface area contributed by atoms with E-state index >= 15 is 0 Å². The van der Waals surface area contributed by atoms with Gasteiger partial charge < -0.3 is 15.0 Å². The number of carbonyl (C=O) groups excluding carboxylic acids is 1. The molecule has 0 unspecified atom stereocenters. The minimum Gasteiger partial charge on any atom is -0.493 e. The minimum absolute atomic E-state index is 0.0396. The Morgan fingerprint density at radius 2 is 1.91 bits per heavy atom. The first-order chi connectivity index (χ1) is 15.8. The first-order valence-corrected chi connectivity index (χ1v) is 10.8. The van der Waals surface area contributed by atoms with Gasteiger partial charge in [0.25, 0.3) is 0 Å². The van der Waals surface area contributed by atoms with E-state index < -0.39 is 5.82 Å². The summed E-state index contributed by atoms with van der Waals surface area (Å²) in [4.78, 5) is 26.2. The lowest BCUT2D eigenvalue weighted by atomic mass is 10.1. The van der Waals surface area contributed by atoms with Gasteiger partial charge in [0.05, 0.1) is 24.9 Å². The summed E-state index contributed by atoms with van der Waals surface area (Å²) in [5.74, 6) is 0.356. The molecule has 2 aromatic heterocycles. The number of methoxy groups -OCH3 is 1. The Kier molecular flexibility index (Phi) is 6.66. The molecule has 1 saturated heterocycles. The number of nitrogens with one attached hydrogen (secondary N) is 1. The molecule has 0 atom stereocenters. The van der Waals surface area contributed by atoms with Gasteiger partial charge in [0.1, 0.15) is 5.82 Å². The monoisotopic (exact) mass is 453 g/mol. The van der Waals surface area contributed by atoms with Crippen molar-refractivity contribution in [2.75, 3.05) is 52.2 Å². The van der Waals surface area contributed by atoms with Crippen LogP contribution in [0.5, 0.6) is 5.75 Å². The molecule has 1 aliphatic heterocycles. The number of benzene rings is 1. The molecule has 3 aromatic rings. The molecule has 1 amide bonds. The molecule has 1 aromatic carbocycles. The first-order valence-electron chi connectivity index (χ1n) is 10.8. The quantitative estimate of drug-likeness (QED) is 0.613. The smallest absolute Gasteiger partial charge is 0.239 e. The summed E-state index contributed by atoms with van der Waals surface area (Å²) in [5.41, 5.74) is 2.09. The summed E-state index contributed by atoms with van der Waals surface area (Å²) in [6, 6.07) is 8.15. The number of hydrogen-bond acceptors (Lipinski definition) is 7. The summed E-state index contributed by atoms with van der Waals surface area (Å²) < 4.78 is 21.3. The molecule has 0 radical (unpaired) electrons. The van der Waals surface area contributed by atoms with Gasteiger partial charge in [0, 0.05) is 37.9 Å². The third kappa shape index (κ3) is 5.18. The van der Waals surface area contributed by atoms with Crippen LogP contribution < -0.4 is 10.1 Å². The molecule has 0 bridgehead atoms. The van der Waals surface area contributed by atoms with Crippen molar-refractivity contribution in [1.82, 2.24) is 29.5 Å². The van der Waals surface area contributed by atoms with Gasteiger partial charge in [0.15, 0.2) is 23.2 Å². The zero-order valence-electron chi connectivity index (χ0n) is 19.3. The van der Waals surface area contributed by atoms with Crippen molar-refractivity contribution in [2.45, 2.75) is 13.8 Å². The molecule has 0 spiro atoms. The topological polar surface area (TPSA) is 88.4 Å². The SMILES string of the molecule is COc1c(F)cccc1-c1nc(NC(=O)CN2CCN(C)CC2)cc(-n2nc(C)cc2C)n1. The van der Waals surface area contributed by atoms with Gasteiger partial charge in [-0.05, 0) is 39.1 Å². The summed E-state index contributed by atoms with van der Waals surface area (Å²) in [7, 11) is 3.46. The Bertz CT molecular complexity index is 1160. The largest absolute Gasteiger partial charge is 0.493 e. The highest BCUT2D eigenvalue weighted by Crippen LogP contribution is 2.31. The number of nitrogens with zero attached hydrogens (tertiary/aromatic N) is 6. The van der Waals surface area contributed by atoms with Crippen LogP contribution in [0.25, 0.3) is 17.2 Å². The second-order valence-electron chi connectivity index (χ2n) is 8.22. The van der Waals surface area contributed by atoms with Gasteiger partial charge in [-0.1, -0.05) is 6.07 Å². The lowest BCUT2D eigenvalue weighted by molar-refractivity contribution is -0.117. The van der Waals surface area contributed by atoms with E-state index in [9.17, 15) is 9.18 Å². The van der Waals surface area contributed by atoms with Crippen LogP contribution >= 0.6 is 0 Å². The third-order valence-electron chi connectivity index (χ3n) is 5.58. The normalized spacial score (nSPS) is 14.9. The van der Waals surface area contributed by atoms with Gasteiger partial charge in [-0.25, -0.2) is 19.0 Å². The number of aromatic nitrogens is 4. The van der Waals surface area contributed by atoms with Crippen molar-refractivity contribution < 1.29 is 13.9 Å². The van der Waals surface area contributed by atoms with Crippen molar-refractivity contribution in [2.24, 2.45) is 0 Å². The van der Waals surface area contributed by atoms with Crippen molar-refractivity contribution in [1.29, 1.82) is 0 Å². The molecule has 10 heteroatoms. The zero-order chi connectivity index (χ0) is 23.5. The van der Waals surface area contributed by atoms with Crippen LogP contribution in [0.4, 0.5) is 10.2 Å². The molecule has 0 aliphatic carbocycles. The van der Waals surface area contributed by atoms with Crippen molar-refractivity contribution in [3.63, 3.8) is 0 Å². The van der Waals surface area contributed by atoms with E-state index in [4.69, 9.17) is 4.74 Å². The van der Waals surface area contributed by atoms with Crippen molar-refractivity contribution in [3.8, 4) is 23.0 Å². The summed E-state index contributed by atoms with van der Waals surface area (Å²) >= 11 is 0. The van der Waals surface area contributed by atoms with E-state index in [1.165, 1.54) is 13.2 Å². The standard InChI is InChI=1S/C23H28FN7O2/c1-15-12-16(2)31(28-15)20-13-19(25-21(32)14-30-10-8-29(3)9-11-30)26-23(27-20)17-6-5-7-18(24)22(17)33-4/h5-7,12-13H,8-11,14H2,1-4H3,(H,25,26,27,32). The second kappa shape index (κ2) is 9.63. The molecule has 33 heavy (non-hydrogen) atoms. The first kappa shape index (κ1) is 22.8. The van der Waals surface area contributed by atoms with Crippen LogP contribution in [0.15, 0.2) is 30.3 Å². The summed E-state index contributed by atoms with van der Waals surface area (Å²) in [6.45, 7) is 7.58. The van der Waals surface area contributed by atoms with E-state index in [0.717, 1.165) is 37.6 Å². The number of para-hydroxylation sites is 1.